The smallest absolute Gasteiger partial charge is 0.316 e. The van der Waals surface area contributed by atoms with Gasteiger partial charge in [0.1, 0.15) is 19.5 Å². The van der Waals surface area contributed by atoms with Crippen LogP contribution in [-0.4, -0.2) is 41.6 Å². The topological polar surface area (TPSA) is 116 Å². The number of ether oxygens (including phenoxy) is 2. The molecule has 0 saturated carbocycles. The number of nitrogens with one attached hydrogen (secondary N) is 1. The van der Waals surface area contributed by atoms with Crippen molar-refractivity contribution in [3.63, 3.8) is 0 Å². The second-order valence-electron chi connectivity index (χ2n) is 7.15. The number of aromatic nitrogens is 4. The first kappa shape index (κ1) is 25.7. The molecule has 4 aromatic rings. The first-order valence-electron chi connectivity index (χ1n) is 10.5. The molecule has 1 N–H and O–H groups in total. The van der Waals surface area contributed by atoms with E-state index in [0.717, 1.165) is 19.9 Å². The van der Waals surface area contributed by atoms with E-state index >= 15 is 0 Å². The quantitative estimate of drug-likeness (QED) is 0.233. The van der Waals surface area contributed by atoms with E-state index in [0.29, 0.717) is 11.1 Å². The van der Waals surface area contributed by atoms with Crippen LogP contribution in [0.15, 0.2) is 87.7 Å². The van der Waals surface area contributed by atoms with Gasteiger partial charge in [-0.25, -0.2) is 28.4 Å². The van der Waals surface area contributed by atoms with Gasteiger partial charge in [0.15, 0.2) is 5.82 Å². The molecule has 9 nitrogen and oxygen atoms in total. The van der Waals surface area contributed by atoms with Crippen molar-refractivity contribution in [3.8, 4) is 23.0 Å². The van der Waals surface area contributed by atoms with Crippen molar-refractivity contribution in [1.29, 1.82) is 0 Å². The van der Waals surface area contributed by atoms with Gasteiger partial charge in [-0.3, -0.25) is 4.72 Å². The molecule has 2 aromatic carbocycles. The lowest BCUT2D eigenvalue weighted by molar-refractivity contribution is 0.202. The maximum absolute atomic E-state index is 12.8. The Morgan fingerprint density at radius 2 is 1.53 bits per heavy atom. The summed E-state index contributed by atoms with van der Waals surface area (Å²) in [4.78, 5) is 16.5. The number of nitrogens with zero attached hydrogens (tertiary/aromatic N) is 4. The standard InChI is InChI=1S/C24H19Br2N5O4S/c25-19-8-6-18(7-9-19)21-22(31-36(32,33)13-10-17-4-2-1-3-5-17)29-16-30-23(21)34-11-12-35-24-27-14-20(26)15-28-24/h1-10,13-16H,11-12H2,(H,29,30,31). The summed E-state index contributed by atoms with van der Waals surface area (Å²) in [5, 5.41) is 1.09. The van der Waals surface area contributed by atoms with Crippen molar-refractivity contribution in [2.45, 2.75) is 0 Å². The first-order chi connectivity index (χ1) is 17.4. The van der Waals surface area contributed by atoms with Gasteiger partial charge < -0.3 is 9.47 Å². The molecular formula is C24H19Br2N5O4S. The van der Waals surface area contributed by atoms with Gasteiger partial charge in [-0.1, -0.05) is 58.4 Å². The summed E-state index contributed by atoms with van der Waals surface area (Å²) >= 11 is 6.68. The fourth-order valence-electron chi connectivity index (χ4n) is 2.98. The molecule has 0 atom stereocenters. The fourth-order valence-corrected chi connectivity index (χ4v) is 4.28. The predicted molar refractivity (Wildman–Crippen MR) is 144 cm³/mol. The van der Waals surface area contributed by atoms with Crippen molar-refractivity contribution >= 4 is 53.8 Å². The lowest BCUT2D eigenvalue weighted by Crippen LogP contribution is -2.14. The Morgan fingerprint density at radius 3 is 2.25 bits per heavy atom. The lowest BCUT2D eigenvalue weighted by atomic mass is 10.1. The molecule has 0 amide bonds. The Labute approximate surface area is 225 Å². The van der Waals surface area contributed by atoms with Crippen molar-refractivity contribution < 1.29 is 17.9 Å². The molecule has 0 spiro atoms. The number of rotatable bonds is 10. The monoisotopic (exact) mass is 631 g/mol. The molecule has 184 valence electrons. The average molecular weight is 633 g/mol. The van der Waals surface area contributed by atoms with Crippen LogP contribution in [0.3, 0.4) is 0 Å². The molecule has 2 heterocycles. The molecule has 0 radical (unpaired) electrons. The summed E-state index contributed by atoms with van der Waals surface area (Å²) in [5.41, 5.74) is 1.80. The Bertz CT molecular complexity index is 1440. The van der Waals surface area contributed by atoms with Gasteiger partial charge in [0.25, 0.3) is 10.0 Å². The minimum Gasteiger partial charge on any atom is -0.473 e. The molecule has 0 saturated heterocycles. The first-order valence-corrected chi connectivity index (χ1v) is 13.6. The van der Waals surface area contributed by atoms with Crippen LogP contribution in [0.25, 0.3) is 17.2 Å². The Kier molecular flexibility index (Phi) is 8.62. The van der Waals surface area contributed by atoms with Gasteiger partial charge in [0.2, 0.25) is 5.88 Å². The van der Waals surface area contributed by atoms with Crippen LogP contribution in [0.2, 0.25) is 0 Å². The van der Waals surface area contributed by atoms with E-state index in [-0.39, 0.29) is 30.9 Å². The van der Waals surface area contributed by atoms with Crippen molar-refractivity contribution in [2.75, 3.05) is 17.9 Å². The van der Waals surface area contributed by atoms with Crippen LogP contribution in [0, 0.1) is 0 Å². The van der Waals surface area contributed by atoms with Crippen molar-refractivity contribution in [3.05, 3.63) is 93.2 Å². The van der Waals surface area contributed by atoms with E-state index in [1.54, 1.807) is 36.7 Å². The van der Waals surface area contributed by atoms with Gasteiger partial charge in [-0.05, 0) is 45.3 Å². The number of halogens is 2. The number of benzene rings is 2. The van der Waals surface area contributed by atoms with E-state index in [1.807, 2.05) is 30.3 Å². The molecule has 36 heavy (non-hydrogen) atoms. The lowest BCUT2D eigenvalue weighted by Gasteiger charge is -2.15. The minimum absolute atomic E-state index is 0.0807. The fraction of sp³-hybridized carbons (Fsp3) is 0.0833. The van der Waals surface area contributed by atoms with Gasteiger partial charge >= 0.3 is 6.01 Å². The summed E-state index contributed by atoms with van der Waals surface area (Å²) in [5.74, 6) is 0.273. The van der Waals surface area contributed by atoms with E-state index in [4.69, 9.17) is 9.47 Å². The Morgan fingerprint density at radius 1 is 0.833 bits per heavy atom. The molecule has 4 rings (SSSR count). The van der Waals surface area contributed by atoms with Crippen LogP contribution in [0.4, 0.5) is 5.82 Å². The van der Waals surface area contributed by atoms with Gasteiger partial charge in [0, 0.05) is 16.9 Å². The molecule has 12 heteroatoms. The third kappa shape index (κ3) is 7.33. The van der Waals surface area contributed by atoms with E-state index in [2.05, 4.69) is 56.5 Å². The molecule has 0 fully saturated rings. The largest absolute Gasteiger partial charge is 0.473 e. The molecule has 0 bridgehead atoms. The number of sulfonamides is 1. The summed E-state index contributed by atoms with van der Waals surface area (Å²) < 4.78 is 41.1. The SMILES string of the molecule is O=S(=O)(C=Cc1ccccc1)Nc1ncnc(OCCOc2ncc(Br)cn2)c1-c1ccc(Br)cc1. The molecule has 0 aliphatic heterocycles. The van der Waals surface area contributed by atoms with Gasteiger partial charge in [-0.2, -0.15) is 0 Å². The third-order valence-corrected chi connectivity index (χ3v) is 6.48. The highest BCUT2D eigenvalue weighted by atomic mass is 79.9. The van der Waals surface area contributed by atoms with Gasteiger partial charge in [-0.15, -0.1) is 0 Å². The van der Waals surface area contributed by atoms with Crippen LogP contribution in [0.1, 0.15) is 5.56 Å². The van der Waals surface area contributed by atoms with Crippen molar-refractivity contribution in [2.24, 2.45) is 0 Å². The highest BCUT2D eigenvalue weighted by molar-refractivity contribution is 9.10. The summed E-state index contributed by atoms with van der Waals surface area (Å²) in [7, 11) is -3.88. The Balaban J connectivity index is 1.56. The molecule has 0 unspecified atom stereocenters. The van der Waals surface area contributed by atoms with Crippen LogP contribution >= 0.6 is 31.9 Å². The summed E-state index contributed by atoms with van der Waals surface area (Å²) in [6.07, 6.45) is 5.88. The molecule has 2 aromatic heterocycles. The average Bonchev–Trinajstić information content (AvgIpc) is 2.88. The highest BCUT2D eigenvalue weighted by Crippen LogP contribution is 2.35. The second kappa shape index (κ2) is 12.1. The molecule has 0 aliphatic carbocycles. The van der Waals surface area contributed by atoms with Gasteiger partial charge in [0.05, 0.1) is 15.4 Å². The van der Waals surface area contributed by atoms with Crippen molar-refractivity contribution in [1.82, 2.24) is 19.9 Å². The summed E-state index contributed by atoms with van der Waals surface area (Å²) in [6, 6.07) is 16.6. The number of anilines is 1. The van der Waals surface area contributed by atoms with E-state index < -0.39 is 10.0 Å². The van der Waals surface area contributed by atoms with Crippen LogP contribution in [0.5, 0.6) is 11.9 Å². The number of hydrogen-bond donors (Lipinski definition) is 1. The Hall–Kier alpha value is -3.35. The maximum atomic E-state index is 12.8. The zero-order valence-corrected chi connectivity index (χ0v) is 22.6. The third-order valence-electron chi connectivity index (χ3n) is 4.57. The summed E-state index contributed by atoms with van der Waals surface area (Å²) in [6.45, 7) is 0.256. The van der Waals surface area contributed by atoms with Crippen LogP contribution in [-0.2, 0) is 10.0 Å². The molecular weight excluding hydrogens is 614 g/mol. The maximum Gasteiger partial charge on any atom is 0.316 e. The predicted octanol–water partition coefficient (Wildman–Crippen LogP) is 5.33. The van der Waals surface area contributed by atoms with E-state index in [9.17, 15) is 8.42 Å². The van der Waals surface area contributed by atoms with E-state index in [1.165, 1.54) is 12.4 Å². The van der Waals surface area contributed by atoms with Crippen LogP contribution < -0.4 is 14.2 Å². The second-order valence-corrected chi connectivity index (χ2v) is 10.5. The normalized spacial score (nSPS) is 11.4. The number of hydrogen-bond acceptors (Lipinski definition) is 8. The minimum atomic E-state index is -3.88. The highest BCUT2D eigenvalue weighted by Gasteiger charge is 2.19. The molecule has 0 aliphatic rings. The zero-order valence-electron chi connectivity index (χ0n) is 18.6. The zero-order chi connectivity index (χ0) is 25.4.